The highest BCUT2D eigenvalue weighted by atomic mass is 32.1. The molecule has 2 heterocycles. The third-order valence-corrected chi connectivity index (χ3v) is 4.44. The van der Waals surface area contributed by atoms with E-state index in [1.54, 1.807) is 25.6 Å². The van der Waals surface area contributed by atoms with E-state index in [0.29, 0.717) is 6.10 Å². The molecule has 0 saturated carbocycles. The molecule has 2 aromatic rings. The number of nitrogens with one attached hydrogen (secondary N) is 1. The van der Waals surface area contributed by atoms with Crippen LogP contribution in [0.4, 0.5) is 5.13 Å². The van der Waals surface area contributed by atoms with Crippen LogP contribution in [0.5, 0.6) is 11.5 Å². The summed E-state index contributed by atoms with van der Waals surface area (Å²) in [6.45, 7) is 1.66. The van der Waals surface area contributed by atoms with Crippen LogP contribution in [0.15, 0.2) is 12.1 Å². The fraction of sp³-hybridized carbons (Fsp3) is 0.500. The van der Waals surface area contributed by atoms with Crippen LogP contribution in [0.2, 0.25) is 0 Å². The number of thiazole rings is 1. The Balaban J connectivity index is 1.84. The van der Waals surface area contributed by atoms with Crippen LogP contribution < -0.4 is 14.8 Å². The van der Waals surface area contributed by atoms with Crippen LogP contribution in [0.1, 0.15) is 12.8 Å². The zero-order chi connectivity index (χ0) is 13.9. The number of nitrogens with zero attached hydrogens (tertiary/aromatic N) is 1. The SMILES string of the molecule is COc1ccc(OC)c2sc(NC[C@@H]3CCCO3)nc12. The number of fused-ring (bicyclic) bond motifs is 1. The summed E-state index contributed by atoms with van der Waals surface area (Å²) in [4.78, 5) is 4.60. The standard InChI is InChI=1S/C14H18N2O3S/c1-17-10-5-6-11(18-2)13-12(10)16-14(20-13)15-8-9-4-3-7-19-9/h5-6,9H,3-4,7-8H2,1-2H3,(H,15,16)/t9-/m0/s1. The lowest BCUT2D eigenvalue weighted by molar-refractivity contribution is 0.120. The second kappa shape index (κ2) is 5.85. The minimum Gasteiger partial charge on any atom is -0.495 e. The molecular formula is C14H18N2O3S. The number of rotatable bonds is 5. The summed E-state index contributed by atoms with van der Waals surface area (Å²) < 4.78 is 17.3. The molecule has 1 atom stereocenters. The van der Waals surface area contributed by atoms with Crippen molar-refractivity contribution in [3.63, 3.8) is 0 Å². The van der Waals surface area contributed by atoms with E-state index in [-0.39, 0.29) is 0 Å². The molecule has 0 aliphatic carbocycles. The Morgan fingerprint density at radius 1 is 1.35 bits per heavy atom. The zero-order valence-corrected chi connectivity index (χ0v) is 12.5. The molecule has 5 nitrogen and oxygen atoms in total. The van der Waals surface area contributed by atoms with Gasteiger partial charge in [-0.15, -0.1) is 0 Å². The second-order valence-corrected chi connectivity index (χ2v) is 5.68. The zero-order valence-electron chi connectivity index (χ0n) is 11.6. The van der Waals surface area contributed by atoms with E-state index in [0.717, 1.165) is 52.8 Å². The number of aromatic nitrogens is 1. The number of hydrogen-bond donors (Lipinski definition) is 1. The van der Waals surface area contributed by atoms with Crippen LogP contribution in [0.3, 0.4) is 0 Å². The van der Waals surface area contributed by atoms with E-state index in [1.807, 2.05) is 12.1 Å². The Morgan fingerprint density at radius 3 is 2.85 bits per heavy atom. The molecule has 1 N–H and O–H groups in total. The summed E-state index contributed by atoms with van der Waals surface area (Å²) in [5.74, 6) is 1.59. The molecular weight excluding hydrogens is 276 g/mol. The lowest BCUT2D eigenvalue weighted by atomic mass is 10.2. The number of methoxy groups -OCH3 is 2. The molecule has 0 spiro atoms. The van der Waals surface area contributed by atoms with Crippen molar-refractivity contribution < 1.29 is 14.2 Å². The largest absolute Gasteiger partial charge is 0.495 e. The van der Waals surface area contributed by atoms with Gasteiger partial charge in [-0.1, -0.05) is 11.3 Å². The Kier molecular flexibility index (Phi) is 3.93. The lowest BCUT2D eigenvalue weighted by Crippen LogP contribution is -2.18. The first kappa shape index (κ1) is 13.5. The molecule has 6 heteroatoms. The van der Waals surface area contributed by atoms with Crippen molar-refractivity contribution in [3.05, 3.63) is 12.1 Å². The summed E-state index contributed by atoms with van der Waals surface area (Å²) in [6.07, 6.45) is 2.56. The quantitative estimate of drug-likeness (QED) is 0.919. The van der Waals surface area contributed by atoms with Crippen LogP contribution in [-0.2, 0) is 4.74 Å². The van der Waals surface area contributed by atoms with E-state index < -0.39 is 0 Å². The predicted molar refractivity (Wildman–Crippen MR) is 80.2 cm³/mol. The van der Waals surface area contributed by atoms with Crippen molar-refractivity contribution in [2.45, 2.75) is 18.9 Å². The van der Waals surface area contributed by atoms with Crippen molar-refractivity contribution in [1.82, 2.24) is 4.98 Å². The van der Waals surface area contributed by atoms with Crippen molar-refractivity contribution in [2.75, 3.05) is 32.7 Å². The third-order valence-electron chi connectivity index (χ3n) is 3.42. The molecule has 0 amide bonds. The third kappa shape index (κ3) is 2.53. The number of hydrogen-bond acceptors (Lipinski definition) is 6. The second-order valence-electron chi connectivity index (χ2n) is 4.68. The lowest BCUT2D eigenvalue weighted by Gasteiger charge is -2.08. The molecule has 1 fully saturated rings. The maximum absolute atomic E-state index is 5.60. The van der Waals surface area contributed by atoms with E-state index in [2.05, 4.69) is 10.3 Å². The monoisotopic (exact) mass is 294 g/mol. The fourth-order valence-corrected chi connectivity index (χ4v) is 3.35. The summed E-state index contributed by atoms with van der Waals surface area (Å²) in [5, 5.41) is 4.22. The van der Waals surface area contributed by atoms with Crippen LogP contribution in [-0.4, -0.2) is 38.5 Å². The highest BCUT2D eigenvalue weighted by Crippen LogP contribution is 2.38. The summed E-state index contributed by atoms with van der Waals surface area (Å²) in [7, 11) is 3.32. The summed E-state index contributed by atoms with van der Waals surface area (Å²) >= 11 is 1.58. The highest BCUT2D eigenvalue weighted by Gasteiger charge is 2.17. The Bertz CT molecular complexity index is 552. The van der Waals surface area contributed by atoms with Crippen molar-refractivity contribution in [3.8, 4) is 11.5 Å². The van der Waals surface area contributed by atoms with Gasteiger partial charge in [-0.05, 0) is 25.0 Å². The van der Waals surface area contributed by atoms with Gasteiger partial charge in [-0.2, -0.15) is 0 Å². The Morgan fingerprint density at radius 2 is 2.15 bits per heavy atom. The van der Waals surface area contributed by atoms with Gasteiger partial charge in [-0.3, -0.25) is 0 Å². The molecule has 1 aromatic carbocycles. The van der Waals surface area contributed by atoms with Gasteiger partial charge in [0.1, 0.15) is 21.7 Å². The first-order valence-electron chi connectivity index (χ1n) is 6.69. The maximum Gasteiger partial charge on any atom is 0.184 e. The number of benzene rings is 1. The first-order valence-corrected chi connectivity index (χ1v) is 7.50. The molecule has 0 unspecified atom stereocenters. The van der Waals surface area contributed by atoms with Gasteiger partial charge in [0, 0.05) is 13.2 Å². The maximum atomic E-state index is 5.60. The predicted octanol–water partition coefficient (Wildman–Crippen LogP) is 2.90. The topological polar surface area (TPSA) is 52.6 Å². The van der Waals surface area contributed by atoms with Crippen molar-refractivity contribution in [1.29, 1.82) is 0 Å². The first-order chi connectivity index (χ1) is 9.81. The van der Waals surface area contributed by atoms with E-state index >= 15 is 0 Å². The van der Waals surface area contributed by atoms with Gasteiger partial charge in [0.05, 0.1) is 20.3 Å². The normalized spacial score (nSPS) is 18.4. The smallest absolute Gasteiger partial charge is 0.184 e. The average Bonchev–Trinajstić information content (AvgIpc) is 3.12. The summed E-state index contributed by atoms with van der Waals surface area (Å²) in [6, 6.07) is 3.79. The van der Waals surface area contributed by atoms with Gasteiger partial charge >= 0.3 is 0 Å². The minimum absolute atomic E-state index is 0.297. The molecule has 0 bridgehead atoms. The van der Waals surface area contributed by atoms with Gasteiger partial charge in [0.25, 0.3) is 0 Å². The van der Waals surface area contributed by atoms with Gasteiger partial charge in [-0.25, -0.2) is 4.98 Å². The van der Waals surface area contributed by atoms with Crippen LogP contribution in [0, 0.1) is 0 Å². The van der Waals surface area contributed by atoms with E-state index in [4.69, 9.17) is 14.2 Å². The molecule has 1 saturated heterocycles. The Hall–Kier alpha value is -1.53. The Labute approximate surface area is 121 Å². The van der Waals surface area contributed by atoms with E-state index in [9.17, 15) is 0 Å². The van der Waals surface area contributed by atoms with E-state index in [1.165, 1.54) is 0 Å². The van der Waals surface area contributed by atoms with Crippen LogP contribution in [0.25, 0.3) is 10.2 Å². The fourth-order valence-electron chi connectivity index (χ4n) is 2.37. The number of anilines is 1. The van der Waals surface area contributed by atoms with Crippen LogP contribution >= 0.6 is 11.3 Å². The molecule has 3 rings (SSSR count). The molecule has 1 aliphatic rings. The summed E-state index contributed by atoms with van der Waals surface area (Å²) in [5.41, 5.74) is 0.840. The van der Waals surface area contributed by atoms with Gasteiger partial charge in [0.2, 0.25) is 0 Å². The average molecular weight is 294 g/mol. The van der Waals surface area contributed by atoms with Crippen molar-refractivity contribution in [2.24, 2.45) is 0 Å². The van der Waals surface area contributed by atoms with Gasteiger partial charge in [0.15, 0.2) is 5.13 Å². The molecule has 20 heavy (non-hydrogen) atoms. The van der Waals surface area contributed by atoms with Gasteiger partial charge < -0.3 is 19.5 Å². The van der Waals surface area contributed by atoms with Crippen molar-refractivity contribution >= 4 is 26.7 Å². The molecule has 108 valence electrons. The molecule has 1 aromatic heterocycles. The molecule has 0 radical (unpaired) electrons. The molecule has 1 aliphatic heterocycles. The highest BCUT2D eigenvalue weighted by molar-refractivity contribution is 7.22. The minimum atomic E-state index is 0.297. The number of ether oxygens (including phenoxy) is 3.